The summed E-state index contributed by atoms with van der Waals surface area (Å²) in [5, 5.41) is 3.82. The molecule has 0 aromatic heterocycles. The molecule has 0 aliphatic carbocycles. The fourth-order valence-corrected chi connectivity index (χ4v) is 2.68. The van der Waals surface area contributed by atoms with E-state index in [0.717, 1.165) is 11.8 Å². The van der Waals surface area contributed by atoms with Crippen molar-refractivity contribution in [2.75, 3.05) is 6.61 Å². The number of hydrogen-bond donors (Lipinski definition) is 1. The van der Waals surface area contributed by atoms with Crippen molar-refractivity contribution in [3.63, 3.8) is 0 Å². The summed E-state index contributed by atoms with van der Waals surface area (Å²) in [6.45, 7) is 5.31. The highest BCUT2D eigenvalue weighted by Crippen LogP contribution is 2.46. The number of hydrazone groups is 1. The maximum absolute atomic E-state index is 11.7. The van der Waals surface area contributed by atoms with Crippen LogP contribution in [0.4, 0.5) is 0 Å². The third-order valence-corrected chi connectivity index (χ3v) is 3.93. The number of allylic oxidation sites excluding steroid dienone is 1. The van der Waals surface area contributed by atoms with Crippen LogP contribution in [0.3, 0.4) is 0 Å². The van der Waals surface area contributed by atoms with E-state index in [1.54, 1.807) is 20.8 Å². The molecule has 1 amide bonds. The number of hydrogen-bond acceptors (Lipinski definition) is 6. The van der Waals surface area contributed by atoms with Crippen molar-refractivity contribution in [1.29, 1.82) is 0 Å². The molecule has 6 nitrogen and oxygen atoms in total. The molecule has 1 N–H and O–H groups in total. The average Bonchev–Trinajstić information content (AvgIpc) is 2.76. The highest BCUT2D eigenvalue weighted by Gasteiger charge is 2.55. The van der Waals surface area contributed by atoms with Crippen molar-refractivity contribution in [3.8, 4) is 0 Å². The van der Waals surface area contributed by atoms with E-state index in [1.165, 1.54) is 0 Å². The summed E-state index contributed by atoms with van der Waals surface area (Å²) in [5.74, 6) is -0.460. The predicted octanol–water partition coefficient (Wildman–Crippen LogP) is 0.746. The molecule has 2 heterocycles. The molecule has 0 aromatic carbocycles. The van der Waals surface area contributed by atoms with Gasteiger partial charge in [-0.15, -0.1) is 0 Å². The molecule has 7 heteroatoms. The molecule has 1 unspecified atom stereocenters. The van der Waals surface area contributed by atoms with Crippen LogP contribution in [-0.4, -0.2) is 29.1 Å². The first-order valence-corrected chi connectivity index (χ1v) is 5.94. The van der Waals surface area contributed by atoms with Crippen LogP contribution in [0.5, 0.6) is 0 Å². The Kier molecular flexibility index (Phi) is 2.86. The first-order chi connectivity index (χ1) is 8.01. The second-order valence-corrected chi connectivity index (χ2v) is 4.75. The third-order valence-electron chi connectivity index (χ3n) is 2.42. The van der Waals surface area contributed by atoms with Gasteiger partial charge in [0, 0.05) is 0 Å². The summed E-state index contributed by atoms with van der Waals surface area (Å²) in [6.07, 6.45) is 0. The van der Waals surface area contributed by atoms with Gasteiger partial charge in [0.05, 0.1) is 12.3 Å². The molecule has 0 aromatic rings. The quantitative estimate of drug-likeness (QED) is 0.738. The SMILES string of the molecule is CCOC(=O)C1=C(C)OC2(S1)C(=O)NN=C2C. The number of nitrogens with one attached hydrogen (secondary N) is 1. The zero-order chi connectivity index (χ0) is 12.6. The summed E-state index contributed by atoms with van der Waals surface area (Å²) in [5.41, 5.74) is 2.83. The monoisotopic (exact) mass is 256 g/mol. The molecule has 0 fully saturated rings. The number of carbonyl (C=O) groups is 2. The van der Waals surface area contributed by atoms with Gasteiger partial charge in [0.2, 0.25) is 0 Å². The molecular weight excluding hydrogens is 244 g/mol. The summed E-state index contributed by atoms with van der Waals surface area (Å²) in [6, 6.07) is 0. The zero-order valence-corrected chi connectivity index (χ0v) is 10.5. The Morgan fingerprint density at radius 3 is 2.82 bits per heavy atom. The van der Waals surface area contributed by atoms with Gasteiger partial charge in [-0.05, 0) is 20.8 Å². The van der Waals surface area contributed by atoms with E-state index >= 15 is 0 Å². The van der Waals surface area contributed by atoms with Crippen LogP contribution < -0.4 is 5.43 Å². The molecule has 0 saturated heterocycles. The summed E-state index contributed by atoms with van der Waals surface area (Å²) in [7, 11) is 0. The van der Waals surface area contributed by atoms with Crippen LogP contribution in [0.15, 0.2) is 15.8 Å². The van der Waals surface area contributed by atoms with Gasteiger partial charge in [-0.3, -0.25) is 4.79 Å². The standard InChI is InChI=1S/C10H12N2O4S/c1-4-15-8(13)7-5(2)16-10(17-7)6(3)11-12-9(10)14/h4H2,1-3H3,(H,12,14). The van der Waals surface area contributed by atoms with E-state index in [4.69, 9.17) is 9.47 Å². The molecule has 1 spiro atoms. The Hall–Kier alpha value is -1.50. The van der Waals surface area contributed by atoms with E-state index in [-0.39, 0.29) is 12.5 Å². The van der Waals surface area contributed by atoms with Crippen LogP contribution >= 0.6 is 11.8 Å². The van der Waals surface area contributed by atoms with Crippen LogP contribution in [-0.2, 0) is 19.1 Å². The minimum absolute atomic E-state index is 0.280. The summed E-state index contributed by atoms with van der Waals surface area (Å²) < 4.78 is 10.4. The first kappa shape index (κ1) is 12.0. The van der Waals surface area contributed by atoms with Crippen molar-refractivity contribution >= 4 is 29.4 Å². The number of thioether (sulfide) groups is 1. The van der Waals surface area contributed by atoms with E-state index in [2.05, 4.69) is 10.5 Å². The van der Waals surface area contributed by atoms with Crippen LogP contribution in [0.2, 0.25) is 0 Å². The lowest BCUT2D eigenvalue weighted by Crippen LogP contribution is -2.41. The van der Waals surface area contributed by atoms with Gasteiger partial charge in [-0.2, -0.15) is 5.10 Å². The van der Waals surface area contributed by atoms with Gasteiger partial charge < -0.3 is 9.47 Å². The number of carbonyl (C=O) groups excluding carboxylic acids is 2. The van der Waals surface area contributed by atoms with Gasteiger partial charge >= 0.3 is 11.9 Å². The molecule has 2 aliphatic heterocycles. The lowest BCUT2D eigenvalue weighted by molar-refractivity contribution is -0.137. The van der Waals surface area contributed by atoms with Crippen molar-refractivity contribution in [2.45, 2.75) is 25.7 Å². The fraction of sp³-hybridized carbons (Fsp3) is 0.500. The number of nitrogens with zero attached hydrogens (tertiary/aromatic N) is 1. The number of rotatable bonds is 2. The Morgan fingerprint density at radius 1 is 1.59 bits per heavy atom. The molecule has 1 atom stereocenters. The second-order valence-electron chi connectivity index (χ2n) is 3.56. The maximum Gasteiger partial charge on any atom is 0.348 e. The van der Waals surface area contributed by atoms with Crippen LogP contribution in [0.1, 0.15) is 20.8 Å². The van der Waals surface area contributed by atoms with E-state index in [1.807, 2.05) is 0 Å². The molecule has 92 valence electrons. The average molecular weight is 256 g/mol. The number of ether oxygens (including phenoxy) is 2. The third kappa shape index (κ3) is 1.70. The molecule has 0 saturated carbocycles. The Morgan fingerprint density at radius 2 is 2.29 bits per heavy atom. The molecule has 2 rings (SSSR count). The van der Waals surface area contributed by atoms with Crippen molar-refractivity contribution in [1.82, 2.24) is 5.43 Å². The minimum Gasteiger partial charge on any atom is -0.464 e. The normalized spacial score (nSPS) is 27.0. The smallest absolute Gasteiger partial charge is 0.348 e. The number of amides is 1. The maximum atomic E-state index is 11.7. The van der Waals surface area contributed by atoms with Crippen molar-refractivity contribution in [2.24, 2.45) is 5.10 Å². The zero-order valence-electron chi connectivity index (χ0n) is 9.70. The van der Waals surface area contributed by atoms with Gasteiger partial charge in [0.1, 0.15) is 10.7 Å². The predicted molar refractivity (Wildman–Crippen MR) is 62.0 cm³/mol. The van der Waals surface area contributed by atoms with Gasteiger partial charge in [0.15, 0.2) is 0 Å². The summed E-state index contributed by atoms with van der Waals surface area (Å²) >= 11 is 1.03. The highest BCUT2D eigenvalue weighted by molar-refractivity contribution is 8.06. The molecule has 0 bridgehead atoms. The molecule has 17 heavy (non-hydrogen) atoms. The van der Waals surface area contributed by atoms with E-state index in [0.29, 0.717) is 16.4 Å². The topological polar surface area (TPSA) is 77.0 Å². The van der Waals surface area contributed by atoms with Crippen molar-refractivity contribution in [3.05, 3.63) is 10.7 Å². The van der Waals surface area contributed by atoms with Gasteiger partial charge in [-0.25, -0.2) is 10.2 Å². The van der Waals surface area contributed by atoms with Crippen molar-refractivity contribution < 1.29 is 19.1 Å². The summed E-state index contributed by atoms with van der Waals surface area (Å²) in [4.78, 5) is 22.5. The lowest BCUT2D eigenvalue weighted by atomic mass is 10.2. The largest absolute Gasteiger partial charge is 0.464 e. The second kappa shape index (κ2) is 4.06. The Balaban J connectivity index is 2.25. The molecule has 0 radical (unpaired) electrons. The van der Waals surface area contributed by atoms with E-state index < -0.39 is 10.9 Å². The highest BCUT2D eigenvalue weighted by atomic mass is 32.2. The van der Waals surface area contributed by atoms with Crippen LogP contribution in [0.25, 0.3) is 0 Å². The lowest BCUT2D eigenvalue weighted by Gasteiger charge is -2.19. The first-order valence-electron chi connectivity index (χ1n) is 5.12. The van der Waals surface area contributed by atoms with Crippen LogP contribution in [0, 0.1) is 0 Å². The van der Waals surface area contributed by atoms with E-state index in [9.17, 15) is 9.59 Å². The Bertz CT molecular complexity index is 457. The van der Waals surface area contributed by atoms with Gasteiger partial charge in [-0.1, -0.05) is 11.8 Å². The minimum atomic E-state index is -1.23. The molecule has 2 aliphatic rings. The molecular formula is C10H12N2O4S. The Labute approximate surface area is 102 Å². The van der Waals surface area contributed by atoms with Gasteiger partial charge in [0.25, 0.3) is 4.93 Å². The number of esters is 1. The fourth-order valence-electron chi connectivity index (χ4n) is 1.57.